The van der Waals surface area contributed by atoms with Gasteiger partial charge in [0.25, 0.3) is 0 Å². The second-order valence-corrected chi connectivity index (χ2v) is 8.33. The van der Waals surface area contributed by atoms with E-state index in [9.17, 15) is 4.79 Å². The Labute approximate surface area is 154 Å². The summed E-state index contributed by atoms with van der Waals surface area (Å²) in [4.78, 5) is 14.4. The highest BCUT2D eigenvalue weighted by atomic mass is 79.9. The molecule has 1 aromatic rings. The molecule has 1 fully saturated rings. The summed E-state index contributed by atoms with van der Waals surface area (Å²) in [6, 6.07) is 8.66. The van der Waals surface area contributed by atoms with Gasteiger partial charge in [-0.15, -0.1) is 0 Å². The number of carbonyl (C=O) groups excluding carboxylic acids is 1. The van der Waals surface area contributed by atoms with E-state index in [2.05, 4.69) is 40.3 Å². The van der Waals surface area contributed by atoms with Gasteiger partial charge in [0.2, 0.25) is 0 Å². The molecule has 0 bridgehead atoms. The molecule has 2 atom stereocenters. The van der Waals surface area contributed by atoms with Gasteiger partial charge < -0.3 is 15.0 Å². The number of ether oxygens (including phenoxy) is 1. The van der Waals surface area contributed by atoms with E-state index in [4.69, 9.17) is 4.74 Å². The van der Waals surface area contributed by atoms with Crippen molar-refractivity contribution in [3.05, 3.63) is 34.3 Å². The molecule has 1 saturated heterocycles. The zero-order valence-corrected chi connectivity index (χ0v) is 16.7. The summed E-state index contributed by atoms with van der Waals surface area (Å²) in [5.74, 6) is 0. The molecule has 1 N–H and O–H groups in total. The summed E-state index contributed by atoms with van der Waals surface area (Å²) in [5.41, 5.74) is 0.784. The van der Waals surface area contributed by atoms with Crippen molar-refractivity contribution in [2.75, 3.05) is 13.1 Å². The number of halogens is 1. The van der Waals surface area contributed by atoms with Crippen molar-refractivity contribution in [3.63, 3.8) is 0 Å². The van der Waals surface area contributed by atoms with E-state index >= 15 is 0 Å². The zero-order valence-electron chi connectivity index (χ0n) is 15.1. The first-order chi connectivity index (χ1) is 11.3. The Morgan fingerprint density at radius 1 is 1.38 bits per heavy atom. The van der Waals surface area contributed by atoms with Gasteiger partial charge in [-0.3, -0.25) is 0 Å². The molecule has 24 heavy (non-hydrogen) atoms. The number of likely N-dealkylation sites (tertiary alicyclic amines) is 1. The number of amides is 1. The van der Waals surface area contributed by atoms with Crippen molar-refractivity contribution in [3.8, 4) is 0 Å². The molecule has 0 aromatic heterocycles. The minimum Gasteiger partial charge on any atom is -0.444 e. The number of nitrogens with zero attached hydrogens (tertiary/aromatic N) is 1. The van der Waals surface area contributed by atoms with Gasteiger partial charge in [-0.2, -0.15) is 0 Å². The third kappa shape index (κ3) is 5.49. The van der Waals surface area contributed by atoms with Crippen LogP contribution < -0.4 is 5.32 Å². The van der Waals surface area contributed by atoms with Gasteiger partial charge in [-0.25, -0.2) is 4.79 Å². The van der Waals surface area contributed by atoms with Crippen molar-refractivity contribution < 1.29 is 9.53 Å². The monoisotopic (exact) mass is 396 g/mol. The smallest absolute Gasteiger partial charge is 0.410 e. The Morgan fingerprint density at radius 2 is 2.08 bits per heavy atom. The van der Waals surface area contributed by atoms with Crippen molar-refractivity contribution in [2.24, 2.45) is 0 Å². The van der Waals surface area contributed by atoms with Gasteiger partial charge in [0.1, 0.15) is 5.60 Å². The number of carbonyl (C=O) groups is 1. The van der Waals surface area contributed by atoms with E-state index in [0.29, 0.717) is 0 Å². The molecule has 2 unspecified atom stereocenters. The van der Waals surface area contributed by atoms with Crippen LogP contribution in [0.15, 0.2) is 28.7 Å². The van der Waals surface area contributed by atoms with E-state index in [1.54, 1.807) is 0 Å². The molecular weight excluding hydrogens is 368 g/mol. The van der Waals surface area contributed by atoms with Gasteiger partial charge in [0.15, 0.2) is 0 Å². The summed E-state index contributed by atoms with van der Waals surface area (Å²) in [7, 11) is 0. The minimum absolute atomic E-state index is 0.192. The first-order valence-corrected chi connectivity index (χ1v) is 9.54. The normalized spacial score (nSPS) is 19.9. The maximum Gasteiger partial charge on any atom is 0.410 e. The van der Waals surface area contributed by atoms with Crippen LogP contribution in [0.4, 0.5) is 4.79 Å². The summed E-state index contributed by atoms with van der Waals surface area (Å²) in [5, 5.41) is 3.58. The van der Waals surface area contributed by atoms with Crippen LogP contribution in [0.5, 0.6) is 0 Å². The van der Waals surface area contributed by atoms with Crippen LogP contribution in [0.25, 0.3) is 0 Å². The molecular formula is C19H29BrN2O2. The Bertz CT molecular complexity index is 557. The Balaban J connectivity index is 1.96. The minimum atomic E-state index is -0.450. The molecule has 2 rings (SSSR count). The number of hydrogen-bond acceptors (Lipinski definition) is 3. The van der Waals surface area contributed by atoms with E-state index in [0.717, 1.165) is 36.8 Å². The molecule has 0 saturated carbocycles. The van der Waals surface area contributed by atoms with E-state index in [-0.39, 0.29) is 18.2 Å². The lowest BCUT2D eigenvalue weighted by Crippen LogP contribution is -2.50. The summed E-state index contributed by atoms with van der Waals surface area (Å²) in [6.07, 6.45) is 3.04. The molecule has 1 aromatic carbocycles. The number of nitrogens with one attached hydrogen (secondary N) is 1. The zero-order chi connectivity index (χ0) is 17.7. The highest BCUT2D eigenvalue weighted by Gasteiger charge is 2.30. The Morgan fingerprint density at radius 3 is 2.75 bits per heavy atom. The third-order valence-electron chi connectivity index (χ3n) is 4.29. The largest absolute Gasteiger partial charge is 0.444 e. The van der Waals surface area contributed by atoms with Gasteiger partial charge in [0, 0.05) is 29.6 Å². The maximum atomic E-state index is 12.5. The molecule has 0 spiro atoms. The maximum absolute atomic E-state index is 12.5. The van der Waals surface area contributed by atoms with Gasteiger partial charge in [0.05, 0.1) is 0 Å². The Kier molecular flexibility index (Phi) is 6.70. The van der Waals surface area contributed by atoms with Crippen LogP contribution >= 0.6 is 15.9 Å². The Hall–Kier alpha value is -1.07. The predicted molar refractivity (Wildman–Crippen MR) is 101 cm³/mol. The molecule has 1 aliphatic heterocycles. The fourth-order valence-electron chi connectivity index (χ4n) is 3.02. The molecule has 5 heteroatoms. The van der Waals surface area contributed by atoms with Gasteiger partial charge in [-0.1, -0.05) is 34.1 Å². The average molecular weight is 397 g/mol. The van der Waals surface area contributed by atoms with Crippen molar-refractivity contribution >= 4 is 22.0 Å². The predicted octanol–water partition coefficient (Wildman–Crippen LogP) is 4.89. The second-order valence-electron chi connectivity index (χ2n) is 7.47. The van der Waals surface area contributed by atoms with Gasteiger partial charge >= 0.3 is 6.09 Å². The van der Waals surface area contributed by atoms with Crippen LogP contribution in [0.2, 0.25) is 0 Å². The molecule has 134 valence electrons. The van der Waals surface area contributed by atoms with Crippen molar-refractivity contribution in [1.29, 1.82) is 0 Å². The molecule has 0 radical (unpaired) electrons. The van der Waals surface area contributed by atoms with E-state index in [1.165, 1.54) is 5.56 Å². The number of benzene rings is 1. The fourth-order valence-corrected chi connectivity index (χ4v) is 3.65. The SMILES string of the molecule is CC(NCC1CCCCN1C(=O)OC(C)(C)C)c1ccccc1Br. The lowest BCUT2D eigenvalue weighted by molar-refractivity contribution is 0.00970. The number of hydrogen-bond donors (Lipinski definition) is 1. The number of rotatable bonds is 4. The standard InChI is InChI=1S/C19H29BrN2O2/c1-14(16-10-5-6-11-17(16)20)21-13-15-9-7-8-12-22(15)18(23)24-19(2,3)4/h5-6,10-11,14-15,21H,7-9,12-13H2,1-4H3. The first kappa shape index (κ1) is 19.3. The summed E-state index contributed by atoms with van der Waals surface area (Å²) in [6.45, 7) is 9.46. The van der Waals surface area contributed by atoms with Crippen LogP contribution in [-0.2, 0) is 4.74 Å². The van der Waals surface area contributed by atoms with Gasteiger partial charge in [-0.05, 0) is 58.6 Å². The topological polar surface area (TPSA) is 41.6 Å². The highest BCUT2D eigenvalue weighted by Crippen LogP contribution is 2.24. The lowest BCUT2D eigenvalue weighted by atomic mass is 10.0. The van der Waals surface area contributed by atoms with Crippen molar-refractivity contribution in [1.82, 2.24) is 10.2 Å². The second kappa shape index (κ2) is 8.34. The summed E-state index contributed by atoms with van der Waals surface area (Å²) >= 11 is 3.61. The highest BCUT2D eigenvalue weighted by molar-refractivity contribution is 9.10. The number of piperidine rings is 1. The van der Waals surface area contributed by atoms with Crippen LogP contribution in [-0.4, -0.2) is 35.7 Å². The molecule has 4 nitrogen and oxygen atoms in total. The van der Waals surface area contributed by atoms with Crippen LogP contribution in [0.3, 0.4) is 0 Å². The molecule has 1 aliphatic rings. The fraction of sp³-hybridized carbons (Fsp3) is 0.632. The molecule has 0 aliphatic carbocycles. The van der Waals surface area contributed by atoms with Crippen LogP contribution in [0.1, 0.15) is 58.6 Å². The summed E-state index contributed by atoms with van der Waals surface area (Å²) < 4.78 is 6.68. The quantitative estimate of drug-likeness (QED) is 0.787. The molecule has 1 amide bonds. The first-order valence-electron chi connectivity index (χ1n) is 8.75. The third-order valence-corrected chi connectivity index (χ3v) is 5.01. The van der Waals surface area contributed by atoms with Crippen LogP contribution in [0, 0.1) is 0 Å². The van der Waals surface area contributed by atoms with Crippen molar-refractivity contribution in [2.45, 2.75) is 64.6 Å². The van der Waals surface area contributed by atoms with E-state index < -0.39 is 5.60 Å². The van der Waals surface area contributed by atoms with E-state index in [1.807, 2.05) is 37.8 Å². The molecule has 1 heterocycles. The average Bonchev–Trinajstić information content (AvgIpc) is 2.51. The lowest BCUT2D eigenvalue weighted by Gasteiger charge is -2.37.